The lowest BCUT2D eigenvalue weighted by atomic mass is 10.0. The van der Waals surface area contributed by atoms with E-state index in [-0.39, 0.29) is 11.8 Å². The number of nitrogens with one attached hydrogen (secondary N) is 1. The molecule has 0 unspecified atom stereocenters. The first-order chi connectivity index (χ1) is 12.2. The fourth-order valence-electron chi connectivity index (χ4n) is 2.40. The first kappa shape index (κ1) is 16.9. The summed E-state index contributed by atoms with van der Waals surface area (Å²) in [5.74, 6) is 1.27. The first-order valence-electron chi connectivity index (χ1n) is 8.23. The van der Waals surface area contributed by atoms with E-state index in [1.54, 1.807) is 30.7 Å². The van der Waals surface area contributed by atoms with Crippen LogP contribution in [0, 0.1) is 0 Å². The SMILES string of the molecule is CC[C@H](N)CNc1ccnc(-c2cc(-c3cccnc3)ccc2O)n1. The number of nitrogens with zero attached hydrogens (tertiary/aromatic N) is 3. The summed E-state index contributed by atoms with van der Waals surface area (Å²) in [4.78, 5) is 12.9. The molecule has 2 heterocycles. The number of anilines is 1. The quantitative estimate of drug-likeness (QED) is 0.640. The molecule has 0 fully saturated rings. The zero-order chi connectivity index (χ0) is 17.6. The number of rotatable bonds is 6. The van der Waals surface area contributed by atoms with Crippen molar-refractivity contribution in [3.8, 4) is 28.3 Å². The van der Waals surface area contributed by atoms with E-state index >= 15 is 0 Å². The molecule has 0 aliphatic rings. The van der Waals surface area contributed by atoms with E-state index in [2.05, 4.69) is 20.3 Å². The lowest BCUT2D eigenvalue weighted by Gasteiger charge is -2.12. The number of phenolic OH excluding ortho intramolecular Hbond substituents is 1. The zero-order valence-electron chi connectivity index (χ0n) is 14.1. The van der Waals surface area contributed by atoms with Crippen molar-refractivity contribution in [1.82, 2.24) is 15.0 Å². The van der Waals surface area contributed by atoms with Gasteiger partial charge in [-0.2, -0.15) is 0 Å². The van der Waals surface area contributed by atoms with Crippen LogP contribution >= 0.6 is 0 Å². The molecule has 6 heteroatoms. The summed E-state index contributed by atoms with van der Waals surface area (Å²) < 4.78 is 0. The molecular weight excluding hydrogens is 314 g/mol. The van der Waals surface area contributed by atoms with E-state index in [1.165, 1.54) is 0 Å². The number of hydrogen-bond donors (Lipinski definition) is 3. The molecule has 0 bridgehead atoms. The third-order valence-corrected chi connectivity index (χ3v) is 3.96. The van der Waals surface area contributed by atoms with Gasteiger partial charge in [-0.05, 0) is 36.2 Å². The van der Waals surface area contributed by atoms with Gasteiger partial charge in [-0.25, -0.2) is 9.97 Å². The summed E-state index contributed by atoms with van der Waals surface area (Å²) in [6, 6.07) is 11.1. The van der Waals surface area contributed by atoms with Gasteiger partial charge in [0.05, 0.1) is 5.56 Å². The number of aromatic nitrogens is 3. The van der Waals surface area contributed by atoms with Gasteiger partial charge in [0, 0.05) is 36.7 Å². The maximum atomic E-state index is 10.2. The van der Waals surface area contributed by atoms with Crippen LogP contribution in [0.4, 0.5) is 5.82 Å². The van der Waals surface area contributed by atoms with Crippen molar-refractivity contribution < 1.29 is 5.11 Å². The summed E-state index contributed by atoms with van der Waals surface area (Å²) in [5.41, 5.74) is 8.41. The Morgan fingerprint density at radius 3 is 2.80 bits per heavy atom. The molecule has 25 heavy (non-hydrogen) atoms. The van der Waals surface area contributed by atoms with Crippen molar-refractivity contribution in [2.45, 2.75) is 19.4 Å². The average Bonchev–Trinajstić information content (AvgIpc) is 2.67. The van der Waals surface area contributed by atoms with Crippen LogP contribution in [0.25, 0.3) is 22.5 Å². The number of benzene rings is 1. The van der Waals surface area contributed by atoms with Crippen molar-refractivity contribution in [3.05, 3.63) is 55.0 Å². The van der Waals surface area contributed by atoms with Gasteiger partial charge in [0.1, 0.15) is 11.6 Å². The molecule has 0 radical (unpaired) electrons. The maximum Gasteiger partial charge on any atom is 0.165 e. The smallest absolute Gasteiger partial charge is 0.165 e. The van der Waals surface area contributed by atoms with E-state index < -0.39 is 0 Å². The van der Waals surface area contributed by atoms with E-state index in [1.807, 2.05) is 31.2 Å². The topological polar surface area (TPSA) is 97.0 Å². The standard InChI is InChI=1S/C19H21N5O/c1-2-15(20)12-23-18-7-9-22-19(24-18)16-10-13(5-6-17(16)25)14-4-3-8-21-11-14/h3-11,15,25H,2,12,20H2,1H3,(H,22,23,24)/t15-/m0/s1. The summed E-state index contributed by atoms with van der Waals surface area (Å²) in [5, 5.41) is 13.4. The highest BCUT2D eigenvalue weighted by atomic mass is 16.3. The molecule has 0 aliphatic carbocycles. The maximum absolute atomic E-state index is 10.2. The van der Waals surface area contributed by atoms with Crippen LogP contribution in [-0.4, -0.2) is 32.6 Å². The molecule has 6 nitrogen and oxygen atoms in total. The lowest BCUT2D eigenvalue weighted by molar-refractivity contribution is 0.477. The van der Waals surface area contributed by atoms with Crippen LogP contribution in [0.2, 0.25) is 0 Å². The van der Waals surface area contributed by atoms with Crippen molar-refractivity contribution in [3.63, 3.8) is 0 Å². The molecule has 128 valence electrons. The van der Waals surface area contributed by atoms with Gasteiger partial charge in [0.2, 0.25) is 0 Å². The normalized spacial score (nSPS) is 11.9. The largest absolute Gasteiger partial charge is 0.507 e. The van der Waals surface area contributed by atoms with Crippen LogP contribution in [0.3, 0.4) is 0 Å². The Morgan fingerprint density at radius 1 is 1.16 bits per heavy atom. The van der Waals surface area contributed by atoms with Crippen LogP contribution in [0.1, 0.15) is 13.3 Å². The third kappa shape index (κ3) is 4.10. The van der Waals surface area contributed by atoms with Crippen molar-refractivity contribution in [2.75, 3.05) is 11.9 Å². The van der Waals surface area contributed by atoms with E-state index in [0.29, 0.717) is 23.8 Å². The molecule has 0 saturated carbocycles. The monoisotopic (exact) mass is 335 g/mol. The predicted molar refractivity (Wildman–Crippen MR) is 99.1 cm³/mol. The molecule has 3 aromatic rings. The van der Waals surface area contributed by atoms with E-state index in [0.717, 1.165) is 17.5 Å². The van der Waals surface area contributed by atoms with Gasteiger partial charge >= 0.3 is 0 Å². The molecule has 3 rings (SSSR count). The molecule has 0 amide bonds. The summed E-state index contributed by atoms with van der Waals surface area (Å²) in [7, 11) is 0. The molecule has 1 atom stereocenters. The lowest BCUT2D eigenvalue weighted by Crippen LogP contribution is -2.28. The van der Waals surface area contributed by atoms with E-state index in [9.17, 15) is 5.11 Å². The molecular formula is C19H21N5O. The zero-order valence-corrected chi connectivity index (χ0v) is 14.1. The van der Waals surface area contributed by atoms with Crippen LogP contribution in [0.5, 0.6) is 5.75 Å². The molecule has 1 aromatic carbocycles. The van der Waals surface area contributed by atoms with Gasteiger partial charge in [-0.3, -0.25) is 4.98 Å². The molecule has 0 aliphatic heterocycles. The first-order valence-corrected chi connectivity index (χ1v) is 8.23. The second-order valence-electron chi connectivity index (χ2n) is 5.79. The van der Waals surface area contributed by atoms with Gasteiger partial charge in [-0.1, -0.05) is 19.1 Å². The minimum absolute atomic E-state index is 0.0701. The van der Waals surface area contributed by atoms with Crippen LogP contribution in [0.15, 0.2) is 55.0 Å². The van der Waals surface area contributed by atoms with Gasteiger partial charge in [0.15, 0.2) is 5.82 Å². The fourth-order valence-corrected chi connectivity index (χ4v) is 2.40. The van der Waals surface area contributed by atoms with Gasteiger partial charge in [0.25, 0.3) is 0 Å². The summed E-state index contributed by atoms with van der Waals surface area (Å²) >= 11 is 0. The molecule has 4 N–H and O–H groups in total. The van der Waals surface area contributed by atoms with Gasteiger partial charge in [-0.15, -0.1) is 0 Å². The minimum Gasteiger partial charge on any atom is -0.507 e. The second kappa shape index (κ2) is 7.72. The summed E-state index contributed by atoms with van der Waals surface area (Å²) in [6.07, 6.45) is 6.06. The predicted octanol–water partition coefficient (Wildman–Crippen LogP) is 3.06. The highest BCUT2D eigenvalue weighted by Gasteiger charge is 2.11. The van der Waals surface area contributed by atoms with Crippen LogP contribution < -0.4 is 11.1 Å². The Labute approximate surface area is 146 Å². The van der Waals surface area contributed by atoms with Gasteiger partial charge < -0.3 is 16.2 Å². The minimum atomic E-state index is 0.0701. The second-order valence-corrected chi connectivity index (χ2v) is 5.79. The highest BCUT2D eigenvalue weighted by molar-refractivity contribution is 5.74. The number of hydrogen-bond acceptors (Lipinski definition) is 6. The van der Waals surface area contributed by atoms with Crippen LogP contribution in [-0.2, 0) is 0 Å². The summed E-state index contributed by atoms with van der Waals surface area (Å²) in [6.45, 7) is 2.67. The Kier molecular flexibility index (Phi) is 5.20. The fraction of sp³-hybridized carbons (Fsp3) is 0.211. The third-order valence-electron chi connectivity index (χ3n) is 3.96. The molecule has 0 spiro atoms. The number of pyridine rings is 1. The number of phenols is 1. The molecule has 0 saturated heterocycles. The Morgan fingerprint density at radius 2 is 2.04 bits per heavy atom. The number of nitrogens with two attached hydrogens (primary N) is 1. The van der Waals surface area contributed by atoms with Crippen molar-refractivity contribution >= 4 is 5.82 Å². The molecule has 2 aromatic heterocycles. The highest BCUT2D eigenvalue weighted by Crippen LogP contribution is 2.31. The van der Waals surface area contributed by atoms with Crippen molar-refractivity contribution in [1.29, 1.82) is 0 Å². The Balaban J connectivity index is 1.91. The number of aromatic hydroxyl groups is 1. The van der Waals surface area contributed by atoms with E-state index in [4.69, 9.17) is 5.73 Å². The Bertz CT molecular complexity index is 838. The average molecular weight is 335 g/mol. The Hall–Kier alpha value is -2.99. The van der Waals surface area contributed by atoms with Crippen molar-refractivity contribution in [2.24, 2.45) is 5.73 Å².